The number of anilines is 1. The molecule has 0 unspecified atom stereocenters. The molecule has 0 aliphatic heterocycles. The highest BCUT2D eigenvalue weighted by Gasteiger charge is 2.05. The van der Waals surface area contributed by atoms with Gasteiger partial charge in [0.15, 0.2) is 0 Å². The molecular formula is C18H20N2O. The summed E-state index contributed by atoms with van der Waals surface area (Å²) in [5.41, 5.74) is 4.78. The van der Waals surface area contributed by atoms with Crippen LogP contribution in [-0.2, 0) is 17.9 Å². The number of benzene rings is 2. The Morgan fingerprint density at radius 2 is 1.81 bits per heavy atom. The van der Waals surface area contributed by atoms with Crippen molar-refractivity contribution in [2.24, 2.45) is 0 Å². The van der Waals surface area contributed by atoms with Crippen molar-refractivity contribution in [3.05, 3.63) is 65.9 Å². The highest BCUT2D eigenvalue weighted by atomic mass is 16.5. The first-order chi connectivity index (χ1) is 10.4. The van der Waals surface area contributed by atoms with E-state index in [-0.39, 0.29) is 0 Å². The number of H-pyrrole nitrogens is 1. The lowest BCUT2D eigenvalue weighted by Gasteiger charge is -2.11. The van der Waals surface area contributed by atoms with E-state index in [1.54, 1.807) is 0 Å². The molecule has 21 heavy (non-hydrogen) atoms. The number of fused-ring (bicyclic) bond motifs is 1. The van der Waals surface area contributed by atoms with Gasteiger partial charge in [0.25, 0.3) is 0 Å². The van der Waals surface area contributed by atoms with E-state index >= 15 is 0 Å². The van der Waals surface area contributed by atoms with Crippen molar-refractivity contribution in [3.8, 4) is 0 Å². The molecule has 3 nitrogen and oxygen atoms in total. The van der Waals surface area contributed by atoms with Crippen LogP contribution in [-0.4, -0.2) is 11.6 Å². The number of hydrogen-bond acceptors (Lipinski definition) is 2. The first kappa shape index (κ1) is 13.7. The predicted molar refractivity (Wildman–Crippen MR) is 87.4 cm³/mol. The zero-order chi connectivity index (χ0) is 14.5. The minimum absolute atomic E-state index is 0.646. The van der Waals surface area contributed by atoms with Crippen LogP contribution >= 0.6 is 0 Å². The van der Waals surface area contributed by atoms with Gasteiger partial charge in [0.2, 0.25) is 0 Å². The van der Waals surface area contributed by atoms with Gasteiger partial charge in [-0.1, -0.05) is 36.4 Å². The number of nitrogens with one attached hydrogen (secondary N) is 2. The van der Waals surface area contributed by atoms with Crippen LogP contribution in [0.1, 0.15) is 18.1 Å². The van der Waals surface area contributed by atoms with E-state index in [1.807, 2.05) is 25.1 Å². The monoisotopic (exact) mass is 280 g/mol. The number of ether oxygens (including phenoxy) is 1. The molecule has 0 atom stereocenters. The molecule has 0 bridgehead atoms. The Morgan fingerprint density at radius 1 is 1.00 bits per heavy atom. The Hall–Kier alpha value is -2.26. The van der Waals surface area contributed by atoms with Crippen LogP contribution in [0.5, 0.6) is 0 Å². The Bertz CT molecular complexity index is 718. The van der Waals surface area contributed by atoms with Gasteiger partial charge in [-0.2, -0.15) is 0 Å². The van der Waals surface area contributed by atoms with Gasteiger partial charge >= 0.3 is 0 Å². The van der Waals surface area contributed by atoms with Crippen LogP contribution in [0.2, 0.25) is 0 Å². The summed E-state index contributed by atoms with van der Waals surface area (Å²) in [7, 11) is 0. The number of aromatic amines is 1. The first-order valence-corrected chi connectivity index (χ1v) is 7.33. The van der Waals surface area contributed by atoms with Gasteiger partial charge in [-0.15, -0.1) is 0 Å². The summed E-state index contributed by atoms with van der Waals surface area (Å²) in [4.78, 5) is 3.31. The minimum Gasteiger partial charge on any atom is -0.381 e. The average Bonchev–Trinajstić information content (AvgIpc) is 2.95. The summed E-state index contributed by atoms with van der Waals surface area (Å²) < 4.78 is 5.52. The van der Waals surface area contributed by atoms with Crippen molar-refractivity contribution in [1.29, 1.82) is 0 Å². The van der Waals surface area contributed by atoms with Gasteiger partial charge < -0.3 is 15.0 Å². The van der Waals surface area contributed by atoms with E-state index in [9.17, 15) is 0 Å². The van der Waals surface area contributed by atoms with Crippen LogP contribution in [0.4, 0.5) is 5.69 Å². The van der Waals surface area contributed by atoms with E-state index in [4.69, 9.17) is 4.74 Å². The Morgan fingerprint density at radius 3 is 2.71 bits per heavy atom. The quantitative estimate of drug-likeness (QED) is 0.705. The van der Waals surface area contributed by atoms with Gasteiger partial charge in [-0.05, 0) is 24.6 Å². The second kappa shape index (κ2) is 6.46. The Labute approximate surface area is 125 Å². The average molecular weight is 280 g/mol. The number of para-hydroxylation sites is 2. The number of hydrogen-bond donors (Lipinski definition) is 2. The van der Waals surface area contributed by atoms with E-state index in [0.717, 1.165) is 18.8 Å². The summed E-state index contributed by atoms with van der Waals surface area (Å²) in [5.74, 6) is 0. The van der Waals surface area contributed by atoms with Crippen LogP contribution in [0.15, 0.2) is 54.7 Å². The van der Waals surface area contributed by atoms with Crippen LogP contribution < -0.4 is 5.32 Å². The molecule has 1 aromatic heterocycles. The van der Waals surface area contributed by atoms with E-state index in [1.165, 1.54) is 22.0 Å². The van der Waals surface area contributed by atoms with Gasteiger partial charge in [0.05, 0.1) is 6.61 Å². The maximum absolute atomic E-state index is 5.52. The second-order valence-electron chi connectivity index (χ2n) is 5.01. The molecule has 3 heteroatoms. The Balaban J connectivity index is 1.75. The van der Waals surface area contributed by atoms with Gasteiger partial charge in [0, 0.05) is 41.5 Å². The van der Waals surface area contributed by atoms with E-state index < -0.39 is 0 Å². The molecule has 0 saturated carbocycles. The number of aromatic nitrogens is 1. The molecule has 0 amide bonds. The van der Waals surface area contributed by atoms with Crippen molar-refractivity contribution in [2.75, 3.05) is 11.9 Å². The topological polar surface area (TPSA) is 37.0 Å². The van der Waals surface area contributed by atoms with Gasteiger partial charge in [-0.3, -0.25) is 0 Å². The molecular weight excluding hydrogens is 260 g/mol. The SMILES string of the molecule is CCOCc1ccccc1NCc1c[nH]c2ccccc12. The molecule has 1 heterocycles. The molecule has 3 rings (SSSR count). The predicted octanol–water partition coefficient (Wildman–Crippen LogP) is 4.32. The zero-order valence-corrected chi connectivity index (χ0v) is 12.2. The normalized spacial score (nSPS) is 10.9. The molecule has 2 aromatic carbocycles. The molecule has 0 saturated heterocycles. The number of rotatable bonds is 6. The molecule has 0 aliphatic rings. The van der Waals surface area contributed by atoms with Gasteiger partial charge in [0.1, 0.15) is 0 Å². The van der Waals surface area contributed by atoms with E-state index in [0.29, 0.717) is 6.61 Å². The fourth-order valence-electron chi connectivity index (χ4n) is 2.50. The van der Waals surface area contributed by atoms with Crippen molar-refractivity contribution in [3.63, 3.8) is 0 Å². The summed E-state index contributed by atoms with van der Waals surface area (Å²) in [6, 6.07) is 16.7. The molecule has 0 aliphatic carbocycles. The maximum Gasteiger partial charge on any atom is 0.0736 e. The smallest absolute Gasteiger partial charge is 0.0736 e. The second-order valence-corrected chi connectivity index (χ2v) is 5.01. The van der Waals surface area contributed by atoms with Crippen molar-refractivity contribution < 1.29 is 4.74 Å². The van der Waals surface area contributed by atoms with Crippen LogP contribution in [0.25, 0.3) is 10.9 Å². The van der Waals surface area contributed by atoms with Crippen molar-refractivity contribution in [1.82, 2.24) is 4.98 Å². The third-order valence-electron chi connectivity index (χ3n) is 3.62. The Kier molecular flexibility index (Phi) is 4.22. The highest BCUT2D eigenvalue weighted by molar-refractivity contribution is 5.83. The summed E-state index contributed by atoms with van der Waals surface area (Å²) in [5, 5.41) is 4.79. The standard InChI is InChI=1S/C18H20N2O/c1-2-21-13-14-7-3-5-9-17(14)19-11-15-12-20-18-10-6-4-8-16(15)18/h3-10,12,19-20H,2,11,13H2,1H3. The lowest BCUT2D eigenvalue weighted by Crippen LogP contribution is -2.03. The van der Waals surface area contributed by atoms with Crippen LogP contribution in [0.3, 0.4) is 0 Å². The molecule has 3 aromatic rings. The van der Waals surface area contributed by atoms with E-state index in [2.05, 4.69) is 46.8 Å². The molecule has 0 fully saturated rings. The minimum atomic E-state index is 0.646. The van der Waals surface area contributed by atoms with Gasteiger partial charge in [-0.25, -0.2) is 0 Å². The van der Waals surface area contributed by atoms with Crippen molar-refractivity contribution >= 4 is 16.6 Å². The van der Waals surface area contributed by atoms with Crippen molar-refractivity contribution in [2.45, 2.75) is 20.1 Å². The summed E-state index contributed by atoms with van der Waals surface area (Å²) >= 11 is 0. The highest BCUT2D eigenvalue weighted by Crippen LogP contribution is 2.21. The molecule has 108 valence electrons. The summed E-state index contributed by atoms with van der Waals surface area (Å²) in [6.07, 6.45) is 2.07. The molecule has 0 spiro atoms. The molecule has 0 radical (unpaired) electrons. The first-order valence-electron chi connectivity index (χ1n) is 7.33. The zero-order valence-electron chi connectivity index (χ0n) is 12.2. The fraction of sp³-hybridized carbons (Fsp3) is 0.222. The third kappa shape index (κ3) is 3.09. The lowest BCUT2D eigenvalue weighted by atomic mass is 10.1. The van der Waals surface area contributed by atoms with Crippen LogP contribution in [0, 0.1) is 0 Å². The maximum atomic E-state index is 5.52. The summed E-state index contributed by atoms with van der Waals surface area (Å²) in [6.45, 7) is 4.19. The fourth-order valence-corrected chi connectivity index (χ4v) is 2.50. The third-order valence-corrected chi connectivity index (χ3v) is 3.62. The largest absolute Gasteiger partial charge is 0.381 e. The molecule has 2 N–H and O–H groups in total. The lowest BCUT2D eigenvalue weighted by molar-refractivity contribution is 0.134.